The van der Waals surface area contributed by atoms with Gasteiger partial charge in [0.2, 0.25) is 0 Å². The predicted molar refractivity (Wildman–Crippen MR) is 82.4 cm³/mol. The van der Waals surface area contributed by atoms with Crippen molar-refractivity contribution in [2.75, 3.05) is 6.61 Å². The maximum absolute atomic E-state index is 12.4. The average molecular weight is 282 g/mol. The van der Waals surface area contributed by atoms with E-state index in [0.29, 0.717) is 6.61 Å². The van der Waals surface area contributed by atoms with Crippen molar-refractivity contribution in [2.45, 2.75) is 26.8 Å². The van der Waals surface area contributed by atoms with Crippen molar-refractivity contribution in [3.05, 3.63) is 52.3 Å². The first-order valence-electron chi connectivity index (χ1n) is 6.98. The minimum atomic E-state index is -0.267. The summed E-state index contributed by atoms with van der Waals surface area (Å²) >= 11 is 0. The van der Waals surface area contributed by atoms with Crippen molar-refractivity contribution in [1.82, 2.24) is 4.57 Å². The molecule has 0 spiro atoms. The van der Waals surface area contributed by atoms with Crippen LogP contribution in [0.25, 0.3) is 11.3 Å². The van der Waals surface area contributed by atoms with Gasteiger partial charge in [0.25, 0.3) is 5.56 Å². The minimum Gasteiger partial charge on any atom is -0.493 e. The number of nitrogens with zero attached hydrogens (tertiary/aromatic N) is 2. The molecule has 4 heteroatoms. The molecule has 0 saturated carbocycles. The van der Waals surface area contributed by atoms with Gasteiger partial charge in [0.15, 0.2) is 0 Å². The van der Waals surface area contributed by atoms with Gasteiger partial charge in [-0.05, 0) is 45.0 Å². The Morgan fingerprint density at radius 3 is 2.57 bits per heavy atom. The van der Waals surface area contributed by atoms with Crippen LogP contribution < -0.4 is 10.3 Å². The second kappa shape index (κ2) is 6.27. The fraction of sp³-hybridized carbons (Fsp3) is 0.294. The minimum absolute atomic E-state index is 0.0458. The lowest BCUT2D eigenvalue weighted by atomic mass is 10.1. The van der Waals surface area contributed by atoms with E-state index < -0.39 is 0 Å². The fourth-order valence-corrected chi connectivity index (χ4v) is 2.33. The number of rotatable bonds is 4. The number of para-hydroxylation sites is 1. The van der Waals surface area contributed by atoms with E-state index >= 15 is 0 Å². The molecule has 0 aliphatic carbocycles. The molecular weight excluding hydrogens is 264 g/mol. The maximum Gasteiger partial charge on any atom is 0.269 e. The molecule has 2 aromatic rings. The van der Waals surface area contributed by atoms with E-state index in [9.17, 15) is 4.79 Å². The summed E-state index contributed by atoms with van der Waals surface area (Å²) in [6.07, 6.45) is 0. The van der Waals surface area contributed by atoms with Gasteiger partial charge in [0, 0.05) is 11.6 Å². The summed E-state index contributed by atoms with van der Waals surface area (Å²) in [6.45, 7) is 6.33. The zero-order chi connectivity index (χ0) is 15.4. The Hall–Kier alpha value is -2.54. The highest BCUT2D eigenvalue weighted by Gasteiger charge is 2.15. The number of pyridine rings is 1. The Bertz CT molecular complexity index is 739. The normalized spacial score (nSPS) is 10.4. The molecule has 0 N–H and O–H groups in total. The Labute approximate surface area is 124 Å². The quantitative estimate of drug-likeness (QED) is 0.864. The second-order valence-corrected chi connectivity index (χ2v) is 4.94. The molecule has 1 aromatic carbocycles. The number of hydrogen-bond acceptors (Lipinski definition) is 3. The largest absolute Gasteiger partial charge is 0.493 e. The summed E-state index contributed by atoms with van der Waals surface area (Å²) in [5.41, 5.74) is 1.50. The van der Waals surface area contributed by atoms with Crippen LogP contribution in [0.15, 0.2) is 41.2 Å². The van der Waals surface area contributed by atoms with Crippen molar-refractivity contribution in [3.8, 4) is 23.1 Å². The highest BCUT2D eigenvalue weighted by Crippen LogP contribution is 2.30. The van der Waals surface area contributed by atoms with E-state index in [1.54, 1.807) is 16.7 Å². The zero-order valence-corrected chi connectivity index (χ0v) is 12.5. The fourth-order valence-electron chi connectivity index (χ4n) is 2.33. The standard InChI is InChI=1S/C17H18N2O2/c1-4-21-16-8-6-5-7-14(16)15-10-9-13(11-18)17(20)19(15)12(2)3/h5-10,12H,4H2,1-3H3. The molecule has 0 atom stereocenters. The van der Waals surface area contributed by atoms with Gasteiger partial charge in [-0.1, -0.05) is 12.1 Å². The molecule has 0 unspecified atom stereocenters. The van der Waals surface area contributed by atoms with Crippen LogP contribution in [0.1, 0.15) is 32.4 Å². The van der Waals surface area contributed by atoms with Crippen molar-refractivity contribution in [2.24, 2.45) is 0 Å². The summed E-state index contributed by atoms with van der Waals surface area (Å²) in [6, 6.07) is 12.9. The van der Waals surface area contributed by atoms with Crippen LogP contribution >= 0.6 is 0 Å². The molecule has 0 fully saturated rings. The summed E-state index contributed by atoms with van der Waals surface area (Å²) in [5, 5.41) is 9.04. The summed E-state index contributed by atoms with van der Waals surface area (Å²) in [5.74, 6) is 0.735. The summed E-state index contributed by atoms with van der Waals surface area (Å²) < 4.78 is 7.28. The second-order valence-electron chi connectivity index (χ2n) is 4.94. The molecule has 108 valence electrons. The molecule has 21 heavy (non-hydrogen) atoms. The highest BCUT2D eigenvalue weighted by atomic mass is 16.5. The Kier molecular flexibility index (Phi) is 4.44. The third kappa shape index (κ3) is 2.82. The predicted octanol–water partition coefficient (Wildman–Crippen LogP) is 3.37. The lowest BCUT2D eigenvalue weighted by molar-refractivity contribution is 0.341. The molecule has 2 rings (SSSR count). The van der Waals surface area contributed by atoms with E-state index in [-0.39, 0.29) is 17.2 Å². The molecule has 0 aliphatic rings. The van der Waals surface area contributed by atoms with Gasteiger partial charge in [0.05, 0.1) is 12.3 Å². The number of ether oxygens (including phenoxy) is 1. The van der Waals surface area contributed by atoms with Gasteiger partial charge in [-0.15, -0.1) is 0 Å². The first kappa shape index (κ1) is 14.9. The van der Waals surface area contributed by atoms with Gasteiger partial charge >= 0.3 is 0 Å². The van der Waals surface area contributed by atoms with Gasteiger partial charge in [-0.25, -0.2) is 0 Å². The van der Waals surface area contributed by atoms with Crippen molar-refractivity contribution in [3.63, 3.8) is 0 Å². The van der Waals surface area contributed by atoms with E-state index in [4.69, 9.17) is 10.00 Å². The van der Waals surface area contributed by atoms with E-state index in [2.05, 4.69) is 0 Å². The molecule has 0 saturated heterocycles. The first-order valence-corrected chi connectivity index (χ1v) is 6.98. The smallest absolute Gasteiger partial charge is 0.269 e. The van der Waals surface area contributed by atoms with Gasteiger partial charge in [0.1, 0.15) is 17.4 Å². The zero-order valence-electron chi connectivity index (χ0n) is 12.5. The van der Waals surface area contributed by atoms with Crippen molar-refractivity contribution < 1.29 is 4.74 Å². The Balaban J connectivity index is 2.74. The van der Waals surface area contributed by atoms with E-state index in [1.165, 1.54) is 0 Å². The SMILES string of the molecule is CCOc1ccccc1-c1ccc(C#N)c(=O)n1C(C)C. The van der Waals surface area contributed by atoms with E-state index in [0.717, 1.165) is 17.0 Å². The third-order valence-electron chi connectivity index (χ3n) is 3.22. The lowest BCUT2D eigenvalue weighted by Gasteiger charge is -2.18. The highest BCUT2D eigenvalue weighted by molar-refractivity contribution is 5.68. The molecule has 0 aliphatic heterocycles. The molecule has 0 amide bonds. The van der Waals surface area contributed by atoms with Crippen LogP contribution in [-0.2, 0) is 0 Å². The van der Waals surface area contributed by atoms with Crippen LogP contribution in [0.2, 0.25) is 0 Å². The Morgan fingerprint density at radius 1 is 1.24 bits per heavy atom. The van der Waals surface area contributed by atoms with Gasteiger partial charge in [-0.3, -0.25) is 4.79 Å². The number of aromatic nitrogens is 1. The van der Waals surface area contributed by atoms with Crippen LogP contribution in [0.4, 0.5) is 0 Å². The van der Waals surface area contributed by atoms with Gasteiger partial charge < -0.3 is 9.30 Å². The lowest BCUT2D eigenvalue weighted by Crippen LogP contribution is -2.25. The van der Waals surface area contributed by atoms with Crippen molar-refractivity contribution >= 4 is 0 Å². The number of hydrogen-bond donors (Lipinski definition) is 0. The summed E-state index contributed by atoms with van der Waals surface area (Å²) in [4.78, 5) is 12.4. The molecular formula is C17H18N2O2. The maximum atomic E-state index is 12.4. The van der Waals surface area contributed by atoms with Crippen molar-refractivity contribution in [1.29, 1.82) is 5.26 Å². The third-order valence-corrected chi connectivity index (χ3v) is 3.22. The molecule has 0 bridgehead atoms. The van der Waals surface area contributed by atoms with E-state index in [1.807, 2.05) is 51.1 Å². The molecule has 1 aromatic heterocycles. The molecule has 0 radical (unpaired) electrons. The van der Waals surface area contributed by atoms with Gasteiger partial charge in [-0.2, -0.15) is 5.26 Å². The number of nitriles is 1. The van der Waals surface area contributed by atoms with Crippen LogP contribution in [0, 0.1) is 11.3 Å². The van der Waals surface area contributed by atoms with Crippen LogP contribution in [0.3, 0.4) is 0 Å². The topological polar surface area (TPSA) is 55.0 Å². The monoisotopic (exact) mass is 282 g/mol. The van der Waals surface area contributed by atoms with Crippen LogP contribution in [-0.4, -0.2) is 11.2 Å². The first-order chi connectivity index (χ1) is 10.1. The molecule has 4 nitrogen and oxygen atoms in total. The van der Waals surface area contributed by atoms with Crippen LogP contribution in [0.5, 0.6) is 5.75 Å². The number of benzene rings is 1. The Morgan fingerprint density at radius 2 is 1.95 bits per heavy atom. The summed E-state index contributed by atoms with van der Waals surface area (Å²) in [7, 11) is 0. The average Bonchev–Trinajstić information content (AvgIpc) is 2.47. The molecule has 1 heterocycles.